The number of rotatable bonds is 3. The third-order valence-corrected chi connectivity index (χ3v) is 5.64. The molecule has 22 heavy (non-hydrogen) atoms. The molecule has 1 N–H and O–H groups in total. The molecule has 2 heterocycles. The first-order valence-electron chi connectivity index (χ1n) is 6.91. The second kappa shape index (κ2) is 7.04. The highest BCUT2D eigenvalue weighted by Crippen LogP contribution is 2.41. The summed E-state index contributed by atoms with van der Waals surface area (Å²) in [6, 6.07) is 6.61. The van der Waals surface area contributed by atoms with Crippen LogP contribution in [0.25, 0.3) is 0 Å². The van der Waals surface area contributed by atoms with Crippen LogP contribution in [0.2, 0.25) is 14.4 Å². The molecule has 0 radical (unpaired) electrons. The monoisotopic (exact) mass is 378 g/mol. The fourth-order valence-corrected chi connectivity index (χ4v) is 4.33. The van der Waals surface area contributed by atoms with Gasteiger partial charge < -0.3 is 5.32 Å². The van der Waals surface area contributed by atoms with Crippen molar-refractivity contribution in [2.45, 2.75) is 6.04 Å². The summed E-state index contributed by atoms with van der Waals surface area (Å²) in [4.78, 5) is 3.18. The molecule has 1 saturated heterocycles. The quantitative estimate of drug-likeness (QED) is 0.768. The van der Waals surface area contributed by atoms with Crippen LogP contribution in [0.15, 0.2) is 24.3 Å². The predicted molar refractivity (Wildman–Crippen MR) is 92.0 cm³/mol. The van der Waals surface area contributed by atoms with Crippen LogP contribution in [0, 0.1) is 5.82 Å². The molecule has 1 aliphatic rings. The van der Waals surface area contributed by atoms with E-state index in [-0.39, 0.29) is 11.1 Å². The molecular formula is C15H14Cl3FN2S. The normalized spacial score (nSPS) is 17.6. The van der Waals surface area contributed by atoms with Crippen LogP contribution in [0.4, 0.5) is 4.39 Å². The fraction of sp³-hybridized carbons (Fsp3) is 0.333. The van der Waals surface area contributed by atoms with Crippen molar-refractivity contribution in [3.8, 4) is 0 Å². The molecule has 1 aromatic carbocycles. The zero-order chi connectivity index (χ0) is 15.7. The molecule has 2 nitrogen and oxygen atoms in total. The van der Waals surface area contributed by atoms with Crippen LogP contribution in [0.3, 0.4) is 0 Å². The molecule has 1 aromatic heterocycles. The second-order valence-corrected chi connectivity index (χ2v) is 7.65. The molecule has 0 amide bonds. The van der Waals surface area contributed by atoms with Crippen molar-refractivity contribution in [3.63, 3.8) is 0 Å². The highest BCUT2D eigenvalue weighted by atomic mass is 35.5. The van der Waals surface area contributed by atoms with Crippen LogP contribution in [-0.2, 0) is 0 Å². The first kappa shape index (κ1) is 16.5. The topological polar surface area (TPSA) is 15.3 Å². The van der Waals surface area contributed by atoms with Gasteiger partial charge in [0.2, 0.25) is 0 Å². The van der Waals surface area contributed by atoms with E-state index >= 15 is 0 Å². The maximum atomic E-state index is 14.7. The minimum absolute atomic E-state index is 0.0854. The van der Waals surface area contributed by atoms with Crippen molar-refractivity contribution in [2.75, 3.05) is 26.2 Å². The van der Waals surface area contributed by atoms with E-state index in [1.165, 1.54) is 17.4 Å². The average Bonchev–Trinajstić information content (AvgIpc) is 2.94. The first-order chi connectivity index (χ1) is 10.6. The Kier molecular flexibility index (Phi) is 5.28. The van der Waals surface area contributed by atoms with Crippen molar-refractivity contribution in [3.05, 3.63) is 54.9 Å². The lowest BCUT2D eigenvalue weighted by atomic mass is 10.0. The molecule has 3 rings (SSSR count). The van der Waals surface area contributed by atoms with E-state index in [2.05, 4.69) is 10.2 Å². The van der Waals surface area contributed by atoms with Gasteiger partial charge in [-0.1, -0.05) is 34.8 Å². The molecule has 0 bridgehead atoms. The zero-order valence-corrected chi connectivity index (χ0v) is 14.7. The van der Waals surface area contributed by atoms with Gasteiger partial charge in [0, 0.05) is 41.6 Å². The average molecular weight is 380 g/mol. The fourth-order valence-electron chi connectivity index (χ4n) is 2.71. The van der Waals surface area contributed by atoms with Crippen molar-refractivity contribution in [1.82, 2.24) is 10.2 Å². The van der Waals surface area contributed by atoms with Crippen LogP contribution in [0.1, 0.15) is 16.5 Å². The summed E-state index contributed by atoms with van der Waals surface area (Å²) in [5.41, 5.74) is 0.426. The van der Waals surface area contributed by atoms with Gasteiger partial charge in [0.25, 0.3) is 0 Å². The molecule has 0 spiro atoms. The summed E-state index contributed by atoms with van der Waals surface area (Å²) in [6.45, 7) is 3.33. The summed E-state index contributed by atoms with van der Waals surface area (Å²) >= 11 is 19.8. The summed E-state index contributed by atoms with van der Waals surface area (Å²) in [5.74, 6) is -0.456. The Labute approximate surface area is 147 Å². The molecule has 2 aromatic rings. The van der Waals surface area contributed by atoms with Gasteiger partial charge in [-0.25, -0.2) is 4.39 Å². The maximum absolute atomic E-state index is 14.7. The lowest BCUT2D eigenvalue weighted by Crippen LogP contribution is -2.45. The number of benzene rings is 1. The summed E-state index contributed by atoms with van der Waals surface area (Å²) in [7, 11) is 0. The van der Waals surface area contributed by atoms with Gasteiger partial charge in [0.15, 0.2) is 0 Å². The van der Waals surface area contributed by atoms with Gasteiger partial charge in [-0.15, -0.1) is 11.3 Å². The van der Waals surface area contributed by atoms with E-state index in [4.69, 9.17) is 34.8 Å². The number of halogens is 4. The second-order valence-electron chi connectivity index (χ2n) is 5.09. The number of hydrogen-bond acceptors (Lipinski definition) is 3. The molecular weight excluding hydrogens is 366 g/mol. The Morgan fingerprint density at radius 1 is 1.05 bits per heavy atom. The maximum Gasteiger partial charge on any atom is 0.148 e. The molecule has 7 heteroatoms. The Morgan fingerprint density at radius 3 is 2.36 bits per heavy atom. The van der Waals surface area contributed by atoms with E-state index in [1.807, 2.05) is 12.1 Å². The Morgan fingerprint density at radius 2 is 1.73 bits per heavy atom. The van der Waals surface area contributed by atoms with E-state index < -0.39 is 5.82 Å². The van der Waals surface area contributed by atoms with Gasteiger partial charge >= 0.3 is 0 Å². The number of thiophene rings is 1. The molecule has 0 unspecified atom stereocenters. The van der Waals surface area contributed by atoms with E-state index in [9.17, 15) is 4.39 Å². The van der Waals surface area contributed by atoms with Gasteiger partial charge in [-0.3, -0.25) is 4.90 Å². The highest BCUT2D eigenvalue weighted by molar-refractivity contribution is 7.16. The molecule has 1 atom stereocenters. The van der Waals surface area contributed by atoms with Crippen LogP contribution in [0.5, 0.6) is 0 Å². The van der Waals surface area contributed by atoms with Crippen molar-refractivity contribution < 1.29 is 4.39 Å². The summed E-state index contributed by atoms with van der Waals surface area (Å²) in [5, 5.41) is 3.77. The summed E-state index contributed by atoms with van der Waals surface area (Å²) < 4.78 is 15.3. The van der Waals surface area contributed by atoms with Crippen LogP contribution in [-0.4, -0.2) is 31.1 Å². The lowest BCUT2D eigenvalue weighted by Gasteiger charge is -2.35. The Hall–Kier alpha value is -0.360. The van der Waals surface area contributed by atoms with E-state index in [0.29, 0.717) is 14.9 Å². The Bertz CT molecular complexity index is 671. The molecule has 1 fully saturated rings. The summed E-state index contributed by atoms with van der Waals surface area (Å²) in [6.07, 6.45) is 0. The van der Waals surface area contributed by atoms with Crippen molar-refractivity contribution >= 4 is 46.1 Å². The standard InChI is InChI=1S/C15H14Cl3FN2S/c16-9-1-2-10(17)14(19)13(9)15(11-3-4-12(18)22-11)21-7-5-20-6-8-21/h1-4,15,20H,5-8H2/t15-/m0/s1. The predicted octanol–water partition coefficient (Wildman–Crippen LogP) is 4.84. The minimum Gasteiger partial charge on any atom is -0.314 e. The van der Waals surface area contributed by atoms with Gasteiger partial charge in [-0.05, 0) is 24.3 Å². The van der Waals surface area contributed by atoms with Crippen LogP contribution >= 0.6 is 46.1 Å². The zero-order valence-electron chi connectivity index (χ0n) is 11.6. The largest absolute Gasteiger partial charge is 0.314 e. The van der Waals surface area contributed by atoms with Gasteiger partial charge in [0.1, 0.15) is 5.82 Å². The van der Waals surface area contributed by atoms with Crippen LogP contribution < -0.4 is 5.32 Å². The molecule has 0 aliphatic carbocycles. The third kappa shape index (κ3) is 3.28. The Balaban J connectivity index is 2.11. The SMILES string of the molecule is Fc1c(Cl)ccc(Cl)c1[C@H](c1ccc(Cl)s1)N1CCNCC1. The third-order valence-electron chi connectivity index (χ3n) is 3.73. The van der Waals surface area contributed by atoms with Crippen molar-refractivity contribution in [1.29, 1.82) is 0 Å². The number of hydrogen-bond donors (Lipinski definition) is 1. The molecule has 1 aliphatic heterocycles. The van der Waals surface area contributed by atoms with E-state index in [1.54, 1.807) is 6.07 Å². The lowest BCUT2D eigenvalue weighted by molar-refractivity contribution is 0.197. The first-order valence-corrected chi connectivity index (χ1v) is 8.86. The number of nitrogens with zero attached hydrogens (tertiary/aromatic N) is 1. The van der Waals surface area contributed by atoms with Gasteiger partial charge in [0.05, 0.1) is 15.4 Å². The van der Waals surface area contributed by atoms with E-state index in [0.717, 1.165) is 31.1 Å². The van der Waals surface area contributed by atoms with Crippen molar-refractivity contribution in [2.24, 2.45) is 0 Å². The number of piperazine rings is 1. The number of nitrogens with one attached hydrogen (secondary N) is 1. The van der Waals surface area contributed by atoms with Gasteiger partial charge in [-0.2, -0.15) is 0 Å². The minimum atomic E-state index is -0.456. The highest BCUT2D eigenvalue weighted by Gasteiger charge is 2.30. The molecule has 118 valence electrons. The molecule has 0 saturated carbocycles. The smallest absolute Gasteiger partial charge is 0.148 e.